The summed E-state index contributed by atoms with van der Waals surface area (Å²) in [6.45, 7) is -0.266. The Morgan fingerprint density at radius 3 is 2.48 bits per heavy atom. The lowest BCUT2D eigenvalue weighted by Gasteiger charge is -2.11. The molecule has 0 spiro atoms. The third-order valence-electron chi connectivity index (χ3n) is 3.03. The van der Waals surface area contributed by atoms with Crippen LogP contribution in [0.3, 0.4) is 0 Å². The third-order valence-corrected chi connectivity index (χ3v) is 3.03. The van der Waals surface area contributed by atoms with Gasteiger partial charge in [-0.05, 0) is 36.8 Å². The fraction of sp³-hybridized carbons (Fsp3) is 0.235. The fourth-order valence-corrected chi connectivity index (χ4v) is 2.00. The van der Waals surface area contributed by atoms with Crippen LogP contribution in [-0.4, -0.2) is 19.1 Å². The molecule has 1 amide bonds. The number of hydrogen-bond donors (Lipinski definition) is 1. The van der Waals surface area contributed by atoms with Crippen molar-refractivity contribution in [3.05, 3.63) is 59.7 Å². The predicted molar refractivity (Wildman–Crippen MR) is 81.9 cm³/mol. The van der Waals surface area contributed by atoms with Crippen molar-refractivity contribution in [3.8, 4) is 11.5 Å². The van der Waals surface area contributed by atoms with Crippen LogP contribution >= 0.6 is 0 Å². The van der Waals surface area contributed by atoms with Crippen molar-refractivity contribution in [2.45, 2.75) is 20.1 Å². The first-order chi connectivity index (χ1) is 11.1. The summed E-state index contributed by atoms with van der Waals surface area (Å²) in [7, 11) is 0. The van der Waals surface area contributed by atoms with Crippen molar-refractivity contribution in [1.82, 2.24) is 5.32 Å². The molecule has 0 atom stereocenters. The first-order valence-corrected chi connectivity index (χ1v) is 7.14. The molecule has 0 aliphatic heterocycles. The van der Waals surface area contributed by atoms with Gasteiger partial charge in [0.2, 0.25) is 0 Å². The van der Waals surface area contributed by atoms with Gasteiger partial charge in [0.25, 0.3) is 5.91 Å². The average molecular weight is 321 g/mol. The highest BCUT2D eigenvalue weighted by Gasteiger charge is 2.11. The minimum absolute atomic E-state index is 0.0803. The molecule has 1 N–H and O–H groups in total. The molecule has 0 saturated heterocycles. The summed E-state index contributed by atoms with van der Waals surface area (Å²) < 4.78 is 33.8. The van der Waals surface area contributed by atoms with Gasteiger partial charge in [-0.25, -0.2) is 0 Å². The second-order valence-corrected chi connectivity index (χ2v) is 4.63. The number of rotatable bonds is 7. The lowest BCUT2D eigenvalue weighted by Crippen LogP contribution is -2.23. The quantitative estimate of drug-likeness (QED) is 0.847. The number of nitrogens with one attached hydrogen (secondary N) is 1. The molecule has 2 aromatic carbocycles. The van der Waals surface area contributed by atoms with Crippen LogP contribution in [0.4, 0.5) is 8.78 Å². The average Bonchev–Trinajstić information content (AvgIpc) is 2.54. The van der Waals surface area contributed by atoms with Gasteiger partial charge in [0.1, 0.15) is 11.5 Å². The summed E-state index contributed by atoms with van der Waals surface area (Å²) in [6, 6.07) is 13.1. The minimum atomic E-state index is -2.85. The molecule has 0 bridgehead atoms. The molecule has 0 heterocycles. The van der Waals surface area contributed by atoms with E-state index in [4.69, 9.17) is 4.74 Å². The van der Waals surface area contributed by atoms with Gasteiger partial charge < -0.3 is 14.8 Å². The lowest BCUT2D eigenvalue weighted by molar-refractivity contribution is -0.0498. The Morgan fingerprint density at radius 2 is 1.83 bits per heavy atom. The first kappa shape index (κ1) is 16.7. The Hall–Kier alpha value is -2.63. The highest BCUT2D eigenvalue weighted by atomic mass is 19.3. The van der Waals surface area contributed by atoms with Crippen LogP contribution in [-0.2, 0) is 6.54 Å². The normalized spacial score (nSPS) is 10.4. The molecule has 23 heavy (non-hydrogen) atoms. The molecule has 0 radical (unpaired) electrons. The van der Waals surface area contributed by atoms with Gasteiger partial charge in [0, 0.05) is 6.54 Å². The van der Waals surface area contributed by atoms with Crippen LogP contribution in [0.2, 0.25) is 0 Å². The Bertz CT molecular complexity index is 645. The zero-order chi connectivity index (χ0) is 16.7. The lowest BCUT2D eigenvalue weighted by atomic mass is 10.1. The molecule has 2 rings (SSSR count). The van der Waals surface area contributed by atoms with Crippen molar-refractivity contribution in [3.63, 3.8) is 0 Å². The van der Waals surface area contributed by atoms with Crippen LogP contribution < -0.4 is 14.8 Å². The van der Waals surface area contributed by atoms with E-state index in [1.54, 1.807) is 36.4 Å². The van der Waals surface area contributed by atoms with Gasteiger partial charge in [-0.3, -0.25) is 4.79 Å². The number of hydrogen-bond acceptors (Lipinski definition) is 3. The number of halogens is 2. The predicted octanol–water partition coefficient (Wildman–Crippen LogP) is 3.62. The number of alkyl halides is 2. The minimum Gasteiger partial charge on any atom is -0.493 e. The van der Waals surface area contributed by atoms with E-state index in [0.717, 1.165) is 5.56 Å². The highest BCUT2D eigenvalue weighted by molar-refractivity contribution is 5.96. The Morgan fingerprint density at radius 1 is 1.13 bits per heavy atom. The van der Waals surface area contributed by atoms with Crippen molar-refractivity contribution in [2.24, 2.45) is 0 Å². The number of amides is 1. The molecule has 0 unspecified atom stereocenters. The van der Waals surface area contributed by atoms with Gasteiger partial charge in [-0.2, -0.15) is 8.78 Å². The van der Waals surface area contributed by atoms with Crippen LogP contribution in [0.1, 0.15) is 22.8 Å². The molecule has 6 heteroatoms. The van der Waals surface area contributed by atoms with Gasteiger partial charge in [-0.1, -0.05) is 24.3 Å². The Kier molecular flexibility index (Phi) is 5.91. The maximum Gasteiger partial charge on any atom is 0.387 e. The van der Waals surface area contributed by atoms with Gasteiger partial charge in [0.05, 0.1) is 12.2 Å². The number of carbonyl (C=O) groups is 1. The summed E-state index contributed by atoms with van der Waals surface area (Å²) in [6.07, 6.45) is 0. The van der Waals surface area contributed by atoms with Crippen LogP contribution in [0.25, 0.3) is 0 Å². The zero-order valence-electron chi connectivity index (χ0n) is 12.6. The van der Waals surface area contributed by atoms with Crippen LogP contribution in [0, 0.1) is 0 Å². The smallest absolute Gasteiger partial charge is 0.387 e. The van der Waals surface area contributed by atoms with Gasteiger partial charge in [-0.15, -0.1) is 0 Å². The van der Waals surface area contributed by atoms with E-state index in [2.05, 4.69) is 10.1 Å². The maximum absolute atomic E-state index is 12.2. The molecule has 2 aromatic rings. The van der Waals surface area contributed by atoms with Crippen molar-refractivity contribution >= 4 is 5.91 Å². The third kappa shape index (κ3) is 4.95. The second-order valence-electron chi connectivity index (χ2n) is 4.63. The summed E-state index contributed by atoms with van der Waals surface area (Å²) in [5.41, 5.74) is 1.22. The molecule has 0 saturated carbocycles. The second kappa shape index (κ2) is 8.12. The van der Waals surface area contributed by atoms with Gasteiger partial charge in [0.15, 0.2) is 0 Å². The van der Waals surface area contributed by atoms with E-state index in [-0.39, 0.29) is 18.2 Å². The van der Waals surface area contributed by atoms with Crippen molar-refractivity contribution < 1.29 is 23.0 Å². The Balaban J connectivity index is 1.96. The van der Waals surface area contributed by atoms with E-state index in [9.17, 15) is 13.6 Å². The zero-order valence-corrected chi connectivity index (χ0v) is 12.6. The highest BCUT2D eigenvalue weighted by Crippen LogP contribution is 2.18. The molecular formula is C17H17F2NO3. The summed E-state index contributed by atoms with van der Waals surface area (Å²) in [5, 5.41) is 2.77. The first-order valence-electron chi connectivity index (χ1n) is 7.14. The molecule has 0 aliphatic carbocycles. The Labute approximate surface area is 133 Å². The molecule has 0 aromatic heterocycles. The number of benzene rings is 2. The van der Waals surface area contributed by atoms with E-state index in [0.29, 0.717) is 17.9 Å². The molecule has 4 nitrogen and oxygen atoms in total. The van der Waals surface area contributed by atoms with Crippen molar-refractivity contribution in [2.75, 3.05) is 6.61 Å². The molecular weight excluding hydrogens is 304 g/mol. The van der Waals surface area contributed by atoms with Crippen molar-refractivity contribution in [1.29, 1.82) is 0 Å². The molecule has 122 valence electrons. The SMILES string of the molecule is CCOc1ccccc1C(=O)NCc1ccc(OC(F)F)cc1. The van der Waals surface area contributed by atoms with Gasteiger partial charge >= 0.3 is 6.61 Å². The standard InChI is InChI=1S/C17H17F2NO3/c1-2-22-15-6-4-3-5-14(15)16(21)20-11-12-7-9-13(10-8-12)23-17(18)19/h3-10,17H,2,11H2,1H3,(H,20,21). The topological polar surface area (TPSA) is 47.6 Å². The van der Waals surface area contributed by atoms with Crippen LogP contribution in [0.15, 0.2) is 48.5 Å². The summed E-state index contributed by atoms with van der Waals surface area (Å²) in [5.74, 6) is 0.340. The molecule has 0 fully saturated rings. The fourth-order valence-electron chi connectivity index (χ4n) is 2.00. The number of carbonyl (C=O) groups excluding carboxylic acids is 1. The summed E-state index contributed by atoms with van der Waals surface area (Å²) >= 11 is 0. The maximum atomic E-state index is 12.2. The largest absolute Gasteiger partial charge is 0.493 e. The number of para-hydroxylation sites is 1. The van der Waals surface area contributed by atoms with E-state index in [1.165, 1.54) is 12.1 Å². The molecule has 0 aliphatic rings. The van der Waals surface area contributed by atoms with E-state index < -0.39 is 6.61 Å². The summed E-state index contributed by atoms with van der Waals surface area (Å²) in [4.78, 5) is 12.2. The monoisotopic (exact) mass is 321 g/mol. The van der Waals surface area contributed by atoms with Crippen LogP contribution in [0.5, 0.6) is 11.5 Å². The van der Waals surface area contributed by atoms with E-state index >= 15 is 0 Å². The number of ether oxygens (including phenoxy) is 2. The van der Waals surface area contributed by atoms with E-state index in [1.807, 2.05) is 6.92 Å².